The van der Waals surface area contributed by atoms with Crippen molar-refractivity contribution in [3.05, 3.63) is 28.1 Å². The highest BCUT2D eigenvalue weighted by molar-refractivity contribution is 7.16. The van der Waals surface area contributed by atoms with Gasteiger partial charge in [0.15, 0.2) is 0 Å². The number of carbonyl (C=O) groups excluding carboxylic acids is 1. The second kappa shape index (κ2) is 6.47. The molecule has 1 fully saturated rings. The van der Waals surface area contributed by atoms with Crippen LogP contribution in [0.3, 0.4) is 0 Å². The van der Waals surface area contributed by atoms with Crippen molar-refractivity contribution >= 4 is 33.4 Å². The monoisotopic (exact) mass is 337 g/mol. The van der Waals surface area contributed by atoms with Gasteiger partial charge in [0.25, 0.3) is 5.56 Å². The zero-order valence-corrected chi connectivity index (χ0v) is 13.0. The van der Waals surface area contributed by atoms with Gasteiger partial charge in [-0.25, -0.2) is 4.98 Å². The van der Waals surface area contributed by atoms with Crippen molar-refractivity contribution < 1.29 is 19.4 Å². The maximum Gasteiger partial charge on any atom is 0.306 e. The van der Waals surface area contributed by atoms with E-state index in [1.165, 1.54) is 27.1 Å². The molecular weight excluding hydrogens is 322 g/mol. The molecule has 122 valence electrons. The summed E-state index contributed by atoms with van der Waals surface area (Å²) in [7, 11) is 0. The van der Waals surface area contributed by atoms with E-state index in [2.05, 4.69) is 4.98 Å². The van der Waals surface area contributed by atoms with Crippen LogP contribution in [-0.2, 0) is 20.9 Å². The molecule has 0 bridgehead atoms. The number of hydrogen-bond acceptors (Lipinski definition) is 6. The Morgan fingerprint density at radius 2 is 2.30 bits per heavy atom. The lowest BCUT2D eigenvalue weighted by Gasteiger charge is -2.32. The molecule has 0 spiro atoms. The molecule has 1 unspecified atom stereocenters. The highest BCUT2D eigenvalue weighted by atomic mass is 32.1. The van der Waals surface area contributed by atoms with E-state index in [0.717, 1.165) is 0 Å². The minimum Gasteiger partial charge on any atom is -0.481 e. The lowest BCUT2D eigenvalue weighted by molar-refractivity contribution is -0.148. The van der Waals surface area contributed by atoms with E-state index >= 15 is 0 Å². The summed E-state index contributed by atoms with van der Waals surface area (Å²) in [6.45, 7) is 0.781. The third-order valence-electron chi connectivity index (χ3n) is 3.65. The van der Waals surface area contributed by atoms with E-state index in [9.17, 15) is 14.4 Å². The summed E-state index contributed by atoms with van der Waals surface area (Å²) in [6, 6.07) is 1.69. The van der Waals surface area contributed by atoms with E-state index in [1.807, 2.05) is 0 Å². The van der Waals surface area contributed by atoms with Crippen molar-refractivity contribution in [2.45, 2.75) is 19.1 Å². The Bertz CT molecular complexity index is 799. The van der Waals surface area contributed by atoms with E-state index in [4.69, 9.17) is 9.84 Å². The molecule has 3 rings (SSSR count). The minimum absolute atomic E-state index is 0.114. The van der Waals surface area contributed by atoms with Gasteiger partial charge in [0.1, 0.15) is 11.4 Å². The van der Waals surface area contributed by atoms with Crippen LogP contribution in [0.15, 0.2) is 22.6 Å². The molecule has 3 heterocycles. The molecule has 0 aliphatic carbocycles. The smallest absolute Gasteiger partial charge is 0.306 e. The van der Waals surface area contributed by atoms with Gasteiger partial charge in [-0.3, -0.25) is 19.0 Å². The third kappa shape index (κ3) is 3.40. The first-order valence-corrected chi connectivity index (χ1v) is 7.96. The van der Waals surface area contributed by atoms with Crippen molar-refractivity contribution in [1.29, 1.82) is 0 Å². The van der Waals surface area contributed by atoms with Crippen LogP contribution in [-0.4, -0.2) is 57.2 Å². The standard InChI is InChI=1S/C14H15N3O5S/c18-11(16-2-3-22-9(6-16)5-12(19)20)7-17-8-15-13-10(14(17)21)1-4-23-13/h1,4,8-9H,2-3,5-7H2,(H,19,20). The number of aliphatic carboxylic acids is 1. The summed E-state index contributed by atoms with van der Waals surface area (Å²) >= 11 is 1.37. The van der Waals surface area contributed by atoms with Crippen molar-refractivity contribution in [2.75, 3.05) is 19.7 Å². The number of ether oxygens (including phenoxy) is 1. The summed E-state index contributed by atoms with van der Waals surface area (Å²) in [5.74, 6) is -1.21. The van der Waals surface area contributed by atoms with Gasteiger partial charge in [0.2, 0.25) is 5.91 Å². The molecule has 1 amide bonds. The number of carbonyl (C=O) groups is 2. The quantitative estimate of drug-likeness (QED) is 0.853. The molecule has 1 saturated heterocycles. The van der Waals surface area contributed by atoms with Crippen LogP contribution in [0, 0.1) is 0 Å². The number of morpholine rings is 1. The summed E-state index contributed by atoms with van der Waals surface area (Å²) in [5, 5.41) is 11.1. The maximum atomic E-state index is 12.4. The molecular formula is C14H15N3O5S. The van der Waals surface area contributed by atoms with E-state index in [-0.39, 0.29) is 31.0 Å². The Hall–Kier alpha value is -2.26. The summed E-state index contributed by atoms with van der Waals surface area (Å²) in [6.07, 6.45) is 0.708. The van der Waals surface area contributed by atoms with Crippen LogP contribution in [0.2, 0.25) is 0 Å². The molecule has 8 nitrogen and oxygen atoms in total. The lowest BCUT2D eigenvalue weighted by atomic mass is 10.2. The van der Waals surface area contributed by atoms with Crippen molar-refractivity contribution in [1.82, 2.24) is 14.5 Å². The van der Waals surface area contributed by atoms with E-state index in [1.54, 1.807) is 11.4 Å². The van der Waals surface area contributed by atoms with Gasteiger partial charge in [-0.1, -0.05) is 0 Å². The average molecular weight is 337 g/mol. The Kier molecular flexibility index (Phi) is 4.39. The average Bonchev–Trinajstić information content (AvgIpc) is 2.99. The Morgan fingerprint density at radius 3 is 3.09 bits per heavy atom. The second-order valence-corrected chi connectivity index (χ2v) is 6.14. The summed E-state index contributed by atoms with van der Waals surface area (Å²) < 4.78 is 6.61. The number of nitrogens with zero attached hydrogens (tertiary/aromatic N) is 3. The molecule has 0 aromatic carbocycles. The highest BCUT2D eigenvalue weighted by Crippen LogP contribution is 2.14. The van der Waals surface area contributed by atoms with E-state index < -0.39 is 12.1 Å². The normalized spacial score (nSPS) is 18.3. The predicted molar refractivity (Wildman–Crippen MR) is 82.5 cm³/mol. The van der Waals surface area contributed by atoms with Gasteiger partial charge in [0, 0.05) is 13.1 Å². The fourth-order valence-corrected chi connectivity index (χ4v) is 3.24. The summed E-state index contributed by atoms with van der Waals surface area (Å²) in [4.78, 5) is 41.7. The molecule has 1 atom stereocenters. The van der Waals surface area contributed by atoms with Gasteiger partial charge in [-0.05, 0) is 11.4 Å². The highest BCUT2D eigenvalue weighted by Gasteiger charge is 2.26. The van der Waals surface area contributed by atoms with Crippen molar-refractivity contribution in [2.24, 2.45) is 0 Å². The van der Waals surface area contributed by atoms with Crippen LogP contribution in [0.4, 0.5) is 0 Å². The molecule has 1 N–H and O–H groups in total. The van der Waals surface area contributed by atoms with Crippen LogP contribution in [0.5, 0.6) is 0 Å². The number of carboxylic acids is 1. The largest absolute Gasteiger partial charge is 0.481 e. The third-order valence-corrected chi connectivity index (χ3v) is 4.47. The Morgan fingerprint density at radius 1 is 1.48 bits per heavy atom. The first-order chi connectivity index (χ1) is 11.0. The number of carboxylic acid groups (broad SMARTS) is 1. The minimum atomic E-state index is -0.965. The van der Waals surface area contributed by atoms with Crippen LogP contribution >= 0.6 is 11.3 Å². The van der Waals surface area contributed by atoms with Crippen LogP contribution in [0.1, 0.15) is 6.42 Å². The first-order valence-electron chi connectivity index (χ1n) is 7.08. The van der Waals surface area contributed by atoms with Gasteiger partial charge < -0.3 is 14.7 Å². The molecule has 9 heteroatoms. The topological polar surface area (TPSA) is 102 Å². The maximum absolute atomic E-state index is 12.4. The van der Waals surface area contributed by atoms with Gasteiger partial charge in [0.05, 0.1) is 30.8 Å². The predicted octanol–water partition coefficient (Wildman–Crippen LogP) is 0.160. The molecule has 2 aromatic rings. The van der Waals surface area contributed by atoms with Crippen LogP contribution in [0.25, 0.3) is 10.2 Å². The molecule has 1 aliphatic heterocycles. The number of fused-ring (bicyclic) bond motifs is 1. The number of thiophene rings is 1. The summed E-state index contributed by atoms with van der Waals surface area (Å²) in [5.41, 5.74) is -0.250. The fourth-order valence-electron chi connectivity index (χ4n) is 2.52. The number of hydrogen-bond donors (Lipinski definition) is 1. The SMILES string of the molecule is O=C(O)CC1CN(C(=O)Cn2cnc3sccc3c2=O)CCO1. The van der Waals surface area contributed by atoms with Crippen molar-refractivity contribution in [3.63, 3.8) is 0 Å². The van der Waals surface area contributed by atoms with Gasteiger partial charge in [-0.15, -0.1) is 11.3 Å². The lowest BCUT2D eigenvalue weighted by Crippen LogP contribution is -2.48. The number of rotatable bonds is 4. The van der Waals surface area contributed by atoms with Crippen LogP contribution < -0.4 is 5.56 Å². The number of amides is 1. The van der Waals surface area contributed by atoms with Gasteiger partial charge in [-0.2, -0.15) is 0 Å². The zero-order valence-electron chi connectivity index (χ0n) is 12.2. The fraction of sp³-hybridized carbons (Fsp3) is 0.429. The zero-order chi connectivity index (χ0) is 16.4. The molecule has 1 aliphatic rings. The molecule has 0 radical (unpaired) electrons. The Labute approximate surface area is 134 Å². The van der Waals surface area contributed by atoms with Gasteiger partial charge >= 0.3 is 5.97 Å². The number of aromatic nitrogens is 2. The molecule has 2 aromatic heterocycles. The molecule has 0 saturated carbocycles. The van der Waals surface area contributed by atoms with E-state index in [0.29, 0.717) is 23.4 Å². The van der Waals surface area contributed by atoms with Crippen molar-refractivity contribution in [3.8, 4) is 0 Å². The second-order valence-electron chi connectivity index (χ2n) is 5.25. The Balaban J connectivity index is 1.71. The first kappa shape index (κ1) is 15.6. The molecule has 23 heavy (non-hydrogen) atoms.